The number of hydrogen-bond acceptors (Lipinski definition) is 2. The zero-order valence-electron chi connectivity index (χ0n) is 11.0. The number of hydrogen-bond donors (Lipinski definition) is 1. The van der Waals surface area contributed by atoms with E-state index >= 15 is 0 Å². The molecule has 0 aromatic heterocycles. The molecule has 0 amide bonds. The second-order valence-corrected chi connectivity index (χ2v) is 5.19. The Balaban J connectivity index is 1.70. The molecule has 1 fully saturated rings. The van der Waals surface area contributed by atoms with Crippen molar-refractivity contribution in [3.63, 3.8) is 0 Å². The van der Waals surface area contributed by atoms with E-state index in [9.17, 15) is 0 Å². The Morgan fingerprint density at radius 2 is 1.84 bits per heavy atom. The van der Waals surface area contributed by atoms with Gasteiger partial charge in [0.25, 0.3) is 0 Å². The summed E-state index contributed by atoms with van der Waals surface area (Å²) in [5, 5.41) is 0. The van der Waals surface area contributed by atoms with Crippen LogP contribution in [-0.4, -0.2) is 6.10 Å². The topological polar surface area (TPSA) is 35.2 Å². The van der Waals surface area contributed by atoms with E-state index in [1.54, 1.807) is 0 Å². The Bertz CT molecular complexity index is 534. The van der Waals surface area contributed by atoms with Crippen LogP contribution in [0.5, 0.6) is 5.75 Å². The van der Waals surface area contributed by atoms with Crippen molar-refractivity contribution in [2.75, 3.05) is 0 Å². The Hall–Kier alpha value is -1.80. The highest BCUT2D eigenvalue weighted by Crippen LogP contribution is 2.28. The van der Waals surface area contributed by atoms with Gasteiger partial charge in [0.15, 0.2) is 0 Å². The van der Waals surface area contributed by atoms with E-state index in [4.69, 9.17) is 10.5 Å². The lowest BCUT2D eigenvalue weighted by Gasteiger charge is -2.14. The number of nitrogens with two attached hydrogens (primary N) is 1. The van der Waals surface area contributed by atoms with Gasteiger partial charge < -0.3 is 10.5 Å². The van der Waals surface area contributed by atoms with Crippen LogP contribution in [0.3, 0.4) is 0 Å². The molecule has 0 radical (unpaired) electrons. The summed E-state index contributed by atoms with van der Waals surface area (Å²) in [4.78, 5) is 0. The molecule has 19 heavy (non-hydrogen) atoms. The second-order valence-electron chi connectivity index (χ2n) is 5.19. The summed E-state index contributed by atoms with van der Waals surface area (Å²) in [6.07, 6.45) is 3.65. The molecule has 2 aromatic carbocycles. The lowest BCUT2D eigenvalue weighted by atomic mass is 10.00. The first-order valence-electron chi connectivity index (χ1n) is 6.87. The summed E-state index contributed by atoms with van der Waals surface area (Å²) in [6.45, 7) is 0. The van der Waals surface area contributed by atoms with Gasteiger partial charge in [-0.3, -0.25) is 0 Å². The van der Waals surface area contributed by atoms with Gasteiger partial charge in [-0.05, 0) is 42.5 Å². The van der Waals surface area contributed by atoms with Gasteiger partial charge in [0, 0.05) is 6.04 Å². The van der Waals surface area contributed by atoms with Gasteiger partial charge in [0.05, 0.1) is 6.10 Å². The van der Waals surface area contributed by atoms with Crippen LogP contribution in [0.1, 0.15) is 30.0 Å². The molecule has 1 aliphatic carbocycles. The molecule has 98 valence electrons. The van der Waals surface area contributed by atoms with Crippen molar-refractivity contribution < 1.29 is 4.74 Å². The summed E-state index contributed by atoms with van der Waals surface area (Å²) < 4.78 is 5.81. The van der Waals surface area contributed by atoms with Crippen LogP contribution in [0.15, 0.2) is 54.6 Å². The Morgan fingerprint density at radius 1 is 1.05 bits per heavy atom. The molecule has 0 saturated heterocycles. The number of benzene rings is 2. The minimum atomic E-state index is 0.0187. The first kappa shape index (κ1) is 12.2. The first-order chi connectivity index (χ1) is 9.31. The van der Waals surface area contributed by atoms with E-state index in [2.05, 4.69) is 36.4 Å². The Morgan fingerprint density at radius 3 is 2.58 bits per heavy atom. The van der Waals surface area contributed by atoms with Crippen LogP contribution in [-0.2, 0) is 6.42 Å². The van der Waals surface area contributed by atoms with Gasteiger partial charge >= 0.3 is 0 Å². The standard InChI is InChI=1S/C17H19NO/c18-17(11-13-5-2-1-3-6-13)14-7-4-8-16(12-14)19-15-9-10-15/h1-8,12,15,17H,9-11,18H2. The number of rotatable bonds is 5. The van der Waals surface area contributed by atoms with Gasteiger partial charge in [-0.25, -0.2) is 0 Å². The maximum absolute atomic E-state index is 6.29. The van der Waals surface area contributed by atoms with Crippen molar-refractivity contribution >= 4 is 0 Å². The zero-order valence-corrected chi connectivity index (χ0v) is 11.0. The monoisotopic (exact) mass is 253 g/mol. The fourth-order valence-electron chi connectivity index (χ4n) is 2.18. The van der Waals surface area contributed by atoms with E-state index in [1.165, 1.54) is 18.4 Å². The van der Waals surface area contributed by atoms with Gasteiger partial charge in [-0.1, -0.05) is 42.5 Å². The van der Waals surface area contributed by atoms with E-state index in [0.29, 0.717) is 6.10 Å². The molecule has 0 spiro atoms. The predicted molar refractivity (Wildman–Crippen MR) is 77.2 cm³/mol. The van der Waals surface area contributed by atoms with Crippen molar-refractivity contribution in [2.24, 2.45) is 5.73 Å². The quantitative estimate of drug-likeness (QED) is 0.885. The fourth-order valence-corrected chi connectivity index (χ4v) is 2.18. The molecule has 2 heteroatoms. The van der Waals surface area contributed by atoms with E-state index in [-0.39, 0.29) is 6.04 Å². The molecule has 3 rings (SSSR count). The predicted octanol–water partition coefficient (Wildman–Crippen LogP) is 3.47. The molecule has 0 aliphatic heterocycles. The summed E-state index contributed by atoms with van der Waals surface area (Å²) >= 11 is 0. The summed E-state index contributed by atoms with van der Waals surface area (Å²) in [5.41, 5.74) is 8.69. The number of ether oxygens (including phenoxy) is 1. The van der Waals surface area contributed by atoms with Crippen molar-refractivity contribution in [2.45, 2.75) is 31.4 Å². The molecule has 1 saturated carbocycles. The van der Waals surface area contributed by atoms with Gasteiger partial charge in [0.1, 0.15) is 5.75 Å². The molecular weight excluding hydrogens is 234 g/mol. The minimum absolute atomic E-state index is 0.0187. The largest absolute Gasteiger partial charge is 0.490 e. The Labute approximate surface area is 114 Å². The van der Waals surface area contributed by atoms with Crippen LogP contribution in [0.4, 0.5) is 0 Å². The van der Waals surface area contributed by atoms with Crippen molar-refractivity contribution in [1.29, 1.82) is 0 Å². The average Bonchev–Trinajstić information content (AvgIpc) is 3.24. The molecule has 0 bridgehead atoms. The Kier molecular flexibility index (Phi) is 3.51. The van der Waals surface area contributed by atoms with Crippen LogP contribution >= 0.6 is 0 Å². The third-order valence-electron chi connectivity index (χ3n) is 3.41. The maximum atomic E-state index is 6.29. The van der Waals surface area contributed by atoms with E-state index in [1.807, 2.05) is 18.2 Å². The maximum Gasteiger partial charge on any atom is 0.120 e. The molecule has 2 aromatic rings. The van der Waals surface area contributed by atoms with Gasteiger partial charge in [-0.15, -0.1) is 0 Å². The summed E-state index contributed by atoms with van der Waals surface area (Å²) in [7, 11) is 0. The van der Waals surface area contributed by atoms with Crippen molar-refractivity contribution in [1.82, 2.24) is 0 Å². The van der Waals surface area contributed by atoms with Gasteiger partial charge in [0.2, 0.25) is 0 Å². The first-order valence-corrected chi connectivity index (χ1v) is 6.87. The second kappa shape index (κ2) is 5.45. The normalized spacial score (nSPS) is 16.1. The molecule has 1 unspecified atom stereocenters. The molecule has 0 heterocycles. The van der Waals surface area contributed by atoms with Gasteiger partial charge in [-0.2, -0.15) is 0 Å². The lowest BCUT2D eigenvalue weighted by molar-refractivity contribution is 0.302. The fraction of sp³-hybridized carbons (Fsp3) is 0.294. The minimum Gasteiger partial charge on any atom is -0.490 e. The summed E-state index contributed by atoms with van der Waals surface area (Å²) in [5.74, 6) is 0.948. The van der Waals surface area contributed by atoms with E-state index < -0.39 is 0 Å². The molecule has 2 N–H and O–H groups in total. The highest BCUT2D eigenvalue weighted by molar-refractivity contribution is 5.32. The van der Waals surface area contributed by atoms with Crippen molar-refractivity contribution in [3.8, 4) is 5.75 Å². The third-order valence-corrected chi connectivity index (χ3v) is 3.41. The molecule has 2 nitrogen and oxygen atoms in total. The van der Waals surface area contributed by atoms with Crippen LogP contribution < -0.4 is 10.5 Å². The molecule has 1 aliphatic rings. The highest BCUT2D eigenvalue weighted by atomic mass is 16.5. The van der Waals surface area contributed by atoms with E-state index in [0.717, 1.165) is 17.7 Å². The van der Waals surface area contributed by atoms with Crippen molar-refractivity contribution in [3.05, 3.63) is 65.7 Å². The average molecular weight is 253 g/mol. The zero-order chi connectivity index (χ0) is 13.1. The highest BCUT2D eigenvalue weighted by Gasteiger charge is 2.23. The summed E-state index contributed by atoms with van der Waals surface area (Å²) in [6, 6.07) is 18.6. The third kappa shape index (κ3) is 3.36. The molecule has 1 atom stereocenters. The van der Waals surface area contributed by atoms with Crippen LogP contribution in [0.25, 0.3) is 0 Å². The molecular formula is C17H19NO. The SMILES string of the molecule is NC(Cc1ccccc1)c1cccc(OC2CC2)c1. The van der Waals surface area contributed by atoms with Crippen LogP contribution in [0, 0.1) is 0 Å². The smallest absolute Gasteiger partial charge is 0.120 e. The van der Waals surface area contributed by atoms with Crippen LogP contribution in [0.2, 0.25) is 0 Å². The lowest BCUT2D eigenvalue weighted by Crippen LogP contribution is -2.13.